The highest BCUT2D eigenvalue weighted by atomic mass is 35.5. The van der Waals surface area contributed by atoms with E-state index in [1.807, 2.05) is 0 Å². The van der Waals surface area contributed by atoms with Crippen LogP contribution in [0.3, 0.4) is 0 Å². The molecular formula is C5H8ClN3O. The van der Waals surface area contributed by atoms with Crippen molar-refractivity contribution in [1.29, 1.82) is 0 Å². The number of halogens is 1. The van der Waals surface area contributed by atoms with E-state index in [1.54, 1.807) is 6.92 Å². The zero-order valence-electron chi connectivity index (χ0n) is 5.44. The van der Waals surface area contributed by atoms with Gasteiger partial charge in [-0.25, -0.2) is 9.78 Å². The molecular weight excluding hydrogens is 154 g/mol. The van der Waals surface area contributed by atoms with Crippen LogP contribution in [0.1, 0.15) is 5.82 Å². The Kier molecular flexibility index (Phi) is 2.89. The van der Waals surface area contributed by atoms with Gasteiger partial charge >= 0.3 is 6.03 Å². The molecule has 56 valence electrons. The van der Waals surface area contributed by atoms with Gasteiger partial charge in [-0.2, -0.15) is 0 Å². The van der Waals surface area contributed by atoms with Crippen molar-refractivity contribution in [2.24, 2.45) is 5.73 Å². The molecule has 1 heterocycles. The van der Waals surface area contributed by atoms with Crippen LogP contribution in [-0.4, -0.2) is 15.6 Å². The molecule has 10 heavy (non-hydrogen) atoms. The minimum Gasteiger partial charge on any atom is -0.351 e. The zero-order chi connectivity index (χ0) is 6.85. The van der Waals surface area contributed by atoms with Crippen LogP contribution in [-0.2, 0) is 0 Å². The summed E-state index contributed by atoms with van der Waals surface area (Å²) < 4.78 is 1.28. The maximum atomic E-state index is 10.4. The molecule has 1 rings (SSSR count). The van der Waals surface area contributed by atoms with E-state index in [0.717, 1.165) is 0 Å². The van der Waals surface area contributed by atoms with Crippen molar-refractivity contribution in [3.8, 4) is 0 Å². The van der Waals surface area contributed by atoms with Crippen LogP contribution in [0, 0.1) is 6.92 Å². The van der Waals surface area contributed by atoms with Crippen molar-refractivity contribution in [2.75, 3.05) is 0 Å². The highest BCUT2D eigenvalue weighted by Gasteiger charge is 1.99. The van der Waals surface area contributed by atoms with Crippen LogP contribution in [0.2, 0.25) is 0 Å². The van der Waals surface area contributed by atoms with Crippen molar-refractivity contribution >= 4 is 18.4 Å². The first-order chi connectivity index (χ1) is 4.22. The number of imidazole rings is 1. The standard InChI is InChI=1S/C5H7N3O.ClH/c1-4-7-2-3-8(4)5(6)9;/h2-3H,1H3,(H2,6,9);1H. The van der Waals surface area contributed by atoms with Gasteiger partial charge in [-0.15, -0.1) is 12.4 Å². The van der Waals surface area contributed by atoms with Gasteiger partial charge in [0.15, 0.2) is 0 Å². The molecule has 0 fully saturated rings. The van der Waals surface area contributed by atoms with Crippen LogP contribution in [0.15, 0.2) is 12.4 Å². The summed E-state index contributed by atoms with van der Waals surface area (Å²) in [5, 5.41) is 0. The minimum atomic E-state index is -0.495. The Balaban J connectivity index is 0.000000810. The van der Waals surface area contributed by atoms with Gasteiger partial charge in [0.25, 0.3) is 0 Å². The summed E-state index contributed by atoms with van der Waals surface area (Å²) in [6.07, 6.45) is 3.05. The van der Waals surface area contributed by atoms with Gasteiger partial charge in [-0.05, 0) is 6.92 Å². The third kappa shape index (κ3) is 1.48. The lowest BCUT2D eigenvalue weighted by molar-refractivity contribution is 0.250. The van der Waals surface area contributed by atoms with Crippen LogP contribution in [0.5, 0.6) is 0 Å². The first-order valence-corrected chi connectivity index (χ1v) is 2.51. The number of rotatable bonds is 0. The number of amides is 1. The van der Waals surface area contributed by atoms with Crippen molar-refractivity contribution in [3.05, 3.63) is 18.2 Å². The van der Waals surface area contributed by atoms with Gasteiger partial charge in [0.1, 0.15) is 5.82 Å². The molecule has 0 aromatic carbocycles. The van der Waals surface area contributed by atoms with Crippen molar-refractivity contribution in [1.82, 2.24) is 9.55 Å². The Morgan fingerprint density at radius 1 is 1.80 bits per heavy atom. The summed E-state index contributed by atoms with van der Waals surface area (Å²) in [5.74, 6) is 0.613. The Morgan fingerprint density at radius 2 is 2.40 bits per heavy atom. The van der Waals surface area contributed by atoms with E-state index in [4.69, 9.17) is 5.73 Å². The lowest BCUT2D eigenvalue weighted by Gasteiger charge is -1.93. The number of aryl methyl sites for hydroxylation is 1. The third-order valence-corrected chi connectivity index (χ3v) is 1.06. The fourth-order valence-corrected chi connectivity index (χ4v) is 0.611. The molecule has 0 bridgehead atoms. The van der Waals surface area contributed by atoms with Crippen molar-refractivity contribution in [3.63, 3.8) is 0 Å². The van der Waals surface area contributed by atoms with Gasteiger partial charge in [0.2, 0.25) is 0 Å². The number of aromatic nitrogens is 2. The SMILES string of the molecule is Cc1nccn1C(N)=O.Cl. The maximum absolute atomic E-state index is 10.4. The minimum absolute atomic E-state index is 0. The second kappa shape index (κ2) is 3.22. The van der Waals surface area contributed by atoms with Crippen molar-refractivity contribution < 1.29 is 4.79 Å². The van der Waals surface area contributed by atoms with Gasteiger partial charge in [-0.1, -0.05) is 0 Å². The summed E-state index contributed by atoms with van der Waals surface area (Å²) in [7, 11) is 0. The Bertz CT molecular complexity index is 233. The summed E-state index contributed by atoms with van der Waals surface area (Å²) in [5.41, 5.74) is 4.94. The summed E-state index contributed by atoms with van der Waals surface area (Å²) in [6, 6.07) is -0.495. The lowest BCUT2D eigenvalue weighted by Crippen LogP contribution is -2.19. The molecule has 0 aliphatic heterocycles. The lowest BCUT2D eigenvalue weighted by atomic mass is 10.7. The topological polar surface area (TPSA) is 60.9 Å². The first kappa shape index (κ1) is 8.97. The van der Waals surface area contributed by atoms with Gasteiger partial charge in [0.05, 0.1) is 0 Å². The second-order valence-electron chi connectivity index (χ2n) is 1.68. The van der Waals surface area contributed by atoms with E-state index < -0.39 is 6.03 Å². The maximum Gasteiger partial charge on any atom is 0.324 e. The fraction of sp³-hybridized carbons (Fsp3) is 0.200. The van der Waals surface area contributed by atoms with E-state index in [-0.39, 0.29) is 12.4 Å². The highest BCUT2D eigenvalue weighted by Crippen LogP contribution is 1.91. The molecule has 0 saturated carbocycles. The van der Waals surface area contributed by atoms with E-state index in [9.17, 15) is 4.79 Å². The van der Waals surface area contributed by atoms with Gasteiger partial charge in [-0.3, -0.25) is 4.57 Å². The van der Waals surface area contributed by atoms with E-state index in [1.165, 1.54) is 17.0 Å². The first-order valence-electron chi connectivity index (χ1n) is 2.51. The normalized spacial score (nSPS) is 8.50. The summed E-state index contributed by atoms with van der Waals surface area (Å²) in [6.45, 7) is 1.71. The largest absolute Gasteiger partial charge is 0.351 e. The number of nitrogens with zero attached hydrogens (tertiary/aromatic N) is 2. The number of hydrogen-bond acceptors (Lipinski definition) is 2. The van der Waals surface area contributed by atoms with Crippen LogP contribution in [0.4, 0.5) is 4.79 Å². The molecule has 0 aliphatic rings. The van der Waals surface area contributed by atoms with Crippen LogP contribution >= 0.6 is 12.4 Å². The summed E-state index contributed by atoms with van der Waals surface area (Å²) >= 11 is 0. The molecule has 0 unspecified atom stereocenters. The van der Waals surface area contributed by atoms with E-state index in [2.05, 4.69) is 4.98 Å². The molecule has 2 N–H and O–H groups in total. The Morgan fingerprint density at radius 3 is 2.60 bits per heavy atom. The average molecular weight is 162 g/mol. The second-order valence-corrected chi connectivity index (χ2v) is 1.68. The number of nitrogens with two attached hydrogens (primary N) is 1. The molecule has 0 spiro atoms. The predicted molar refractivity (Wildman–Crippen MR) is 39.2 cm³/mol. The summed E-state index contributed by atoms with van der Waals surface area (Å²) in [4.78, 5) is 14.2. The molecule has 0 radical (unpaired) electrons. The molecule has 1 amide bonds. The number of primary amides is 1. The average Bonchev–Trinajstić information content (AvgIpc) is 2.13. The highest BCUT2D eigenvalue weighted by molar-refractivity contribution is 5.85. The van der Waals surface area contributed by atoms with Crippen LogP contribution in [0.25, 0.3) is 0 Å². The number of carbonyl (C=O) groups is 1. The zero-order valence-corrected chi connectivity index (χ0v) is 6.26. The fourth-order valence-electron chi connectivity index (χ4n) is 0.611. The molecule has 4 nitrogen and oxygen atoms in total. The Hall–Kier alpha value is -1.03. The molecule has 0 atom stereocenters. The smallest absolute Gasteiger partial charge is 0.324 e. The van der Waals surface area contributed by atoms with E-state index >= 15 is 0 Å². The van der Waals surface area contributed by atoms with Gasteiger partial charge < -0.3 is 5.73 Å². The number of carbonyl (C=O) groups excluding carboxylic acids is 1. The monoisotopic (exact) mass is 161 g/mol. The predicted octanol–water partition coefficient (Wildman–Crippen LogP) is 0.540. The molecule has 1 aromatic rings. The Labute approximate surface area is 64.5 Å². The molecule has 0 aliphatic carbocycles. The van der Waals surface area contributed by atoms with E-state index in [0.29, 0.717) is 5.82 Å². The van der Waals surface area contributed by atoms with Crippen molar-refractivity contribution in [2.45, 2.75) is 6.92 Å². The van der Waals surface area contributed by atoms with Gasteiger partial charge in [0, 0.05) is 12.4 Å². The third-order valence-electron chi connectivity index (χ3n) is 1.06. The molecule has 5 heteroatoms. The quantitative estimate of drug-likeness (QED) is 0.604. The molecule has 1 aromatic heterocycles. The molecule has 0 saturated heterocycles. The number of hydrogen-bond donors (Lipinski definition) is 1. The van der Waals surface area contributed by atoms with Crippen LogP contribution < -0.4 is 5.73 Å².